The third kappa shape index (κ3) is 6.58. The fourth-order valence-corrected chi connectivity index (χ4v) is 2.48. The van der Waals surface area contributed by atoms with Crippen molar-refractivity contribution in [2.45, 2.75) is 52.5 Å². The van der Waals surface area contributed by atoms with Crippen molar-refractivity contribution < 1.29 is 13.2 Å². The van der Waals surface area contributed by atoms with Crippen LogP contribution in [0.2, 0.25) is 0 Å². The van der Waals surface area contributed by atoms with Crippen molar-refractivity contribution >= 4 is 5.96 Å². The molecule has 0 aliphatic carbocycles. The molecule has 0 aliphatic heterocycles. The van der Waals surface area contributed by atoms with Gasteiger partial charge in [0.1, 0.15) is 12.2 Å². The summed E-state index contributed by atoms with van der Waals surface area (Å²) in [5, 5.41) is 14.3. The molecule has 1 aromatic heterocycles. The second kappa shape index (κ2) is 9.38. The lowest BCUT2D eigenvalue weighted by Gasteiger charge is -2.16. The predicted octanol–water partition coefficient (Wildman–Crippen LogP) is 3.00. The second-order valence-corrected chi connectivity index (χ2v) is 6.38. The van der Waals surface area contributed by atoms with Crippen molar-refractivity contribution in [2.24, 2.45) is 4.99 Å². The molecule has 2 rings (SSSR count). The molecule has 0 spiro atoms. The van der Waals surface area contributed by atoms with Crippen LogP contribution in [0, 0.1) is 0 Å². The molecule has 0 saturated heterocycles. The largest absolute Gasteiger partial charge is 0.416 e. The van der Waals surface area contributed by atoms with E-state index < -0.39 is 11.7 Å². The summed E-state index contributed by atoms with van der Waals surface area (Å²) in [5.74, 6) is 1.45. The smallest absolute Gasteiger partial charge is 0.355 e. The van der Waals surface area contributed by atoms with Crippen LogP contribution in [-0.2, 0) is 25.7 Å². The maximum absolute atomic E-state index is 12.8. The Labute approximate surface area is 156 Å². The summed E-state index contributed by atoms with van der Waals surface area (Å²) in [6.07, 6.45) is -1.89. The lowest BCUT2D eigenvalue weighted by atomic mass is 10.1. The number of guanidine groups is 1. The maximum atomic E-state index is 12.8. The van der Waals surface area contributed by atoms with E-state index in [0.717, 1.165) is 24.4 Å². The Hall–Kier alpha value is -2.58. The molecule has 0 aliphatic rings. The van der Waals surface area contributed by atoms with Gasteiger partial charge in [0.05, 0.1) is 12.1 Å². The van der Waals surface area contributed by atoms with Gasteiger partial charge >= 0.3 is 6.18 Å². The van der Waals surface area contributed by atoms with E-state index in [-0.39, 0.29) is 12.6 Å². The molecule has 0 amide bonds. The van der Waals surface area contributed by atoms with Crippen molar-refractivity contribution in [2.75, 3.05) is 6.54 Å². The van der Waals surface area contributed by atoms with E-state index in [2.05, 4.69) is 25.8 Å². The van der Waals surface area contributed by atoms with Gasteiger partial charge in [0.25, 0.3) is 0 Å². The Morgan fingerprint density at radius 3 is 2.74 bits per heavy atom. The van der Waals surface area contributed by atoms with Gasteiger partial charge in [-0.1, -0.05) is 19.1 Å². The van der Waals surface area contributed by atoms with Crippen molar-refractivity contribution in [1.82, 2.24) is 25.4 Å². The zero-order valence-electron chi connectivity index (χ0n) is 15.7. The lowest BCUT2D eigenvalue weighted by molar-refractivity contribution is -0.137. The number of aliphatic imine (C=N–C) groups is 1. The third-order valence-corrected chi connectivity index (χ3v) is 3.76. The highest BCUT2D eigenvalue weighted by Crippen LogP contribution is 2.29. The van der Waals surface area contributed by atoms with Crippen LogP contribution in [0.4, 0.5) is 13.2 Å². The molecule has 2 aromatic rings. The minimum Gasteiger partial charge on any atom is -0.355 e. The molecule has 2 N–H and O–H groups in total. The number of nitrogens with zero attached hydrogens (tertiary/aromatic N) is 4. The maximum Gasteiger partial charge on any atom is 0.416 e. The van der Waals surface area contributed by atoms with Crippen molar-refractivity contribution in [1.29, 1.82) is 0 Å². The van der Waals surface area contributed by atoms with Gasteiger partial charge in [0.15, 0.2) is 5.96 Å². The summed E-state index contributed by atoms with van der Waals surface area (Å²) < 4.78 is 40.4. The molecule has 27 heavy (non-hydrogen) atoms. The molecule has 0 atom stereocenters. The Morgan fingerprint density at radius 2 is 2.07 bits per heavy atom. The van der Waals surface area contributed by atoms with Crippen molar-refractivity contribution in [3.8, 4) is 0 Å². The number of hydrogen-bond acceptors (Lipinski definition) is 3. The molecule has 0 radical (unpaired) electrons. The normalized spacial score (nSPS) is 12.5. The lowest BCUT2D eigenvalue weighted by Crippen LogP contribution is -2.42. The molecular formula is C18H25F3N6. The SMILES string of the molecule is CCc1nncn1CCNC(=NCc1cccc(C(F)(F)F)c1)NC(C)C. The van der Waals surface area contributed by atoms with Crippen molar-refractivity contribution in [3.63, 3.8) is 0 Å². The quantitative estimate of drug-likeness (QED) is 0.571. The molecule has 148 valence electrons. The number of rotatable bonds is 7. The minimum atomic E-state index is -4.35. The van der Waals surface area contributed by atoms with Crippen molar-refractivity contribution in [3.05, 3.63) is 47.5 Å². The zero-order chi connectivity index (χ0) is 19.9. The van der Waals surface area contributed by atoms with Gasteiger partial charge in [0.2, 0.25) is 0 Å². The molecular weight excluding hydrogens is 357 g/mol. The molecule has 0 bridgehead atoms. The van der Waals surface area contributed by atoms with Gasteiger partial charge < -0.3 is 15.2 Å². The molecule has 0 saturated carbocycles. The van der Waals surface area contributed by atoms with E-state index in [1.54, 1.807) is 12.4 Å². The highest BCUT2D eigenvalue weighted by molar-refractivity contribution is 5.80. The first-order valence-electron chi connectivity index (χ1n) is 8.87. The standard InChI is InChI=1S/C18H25F3N6/c1-4-16-26-24-12-27(16)9-8-22-17(25-13(2)3)23-11-14-6-5-7-15(10-14)18(19,20)21/h5-7,10,12-13H,4,8-9,11H2,1-3H3,(H2,22,23,25). The zero-order valence-corrected chi connectivity index (χ0v) is 15.7. The summed E-state index contributed by atoms with van der Waals surface area (Å²) in [6.45, 7) is 7.35. The van der Waals surface area contributed by atoms with Gasteiger partial charge in [-0.05, 0) is 31.5 Å². The summed E-state index contributed by atoms with van der Waals surface area (Å²) in [6, 6.07) is 5.36. The first-order valence-corrected chi connectivity index (χ1v) is 8.87. The van der Waals surface area contributed by atoms with Crippen LogP contribution in [0.5, 0.6) is 0 Å². The average molecular weight is 382 g/mol. The van der Waals surface area contributed by atoms with Crippen LogP contribution in [-0.4, -0.2) is 33.3 Å². The Balaban J connectivity index is 2.00. The molecule has 0 fully saturated rings. The number of alkyl halides is 3. The van der Waals surface area contributed by atoms with E-state index in [4.69, 9.17) is 0 Å². The Kier molecular flexibility index (Phi) is 7.20. The van der Waals surface area contributed by atoms with Gasteiger partial charge in [-0.2, -0.15) is 13.2 Å². The predicted molar refractivity (Wildman–Crippen MR) is 98.3 cm³/mol. The fraction of sp³-hybridized carbons (Fsp3) is 0.500. The fourth-order valence-electron chi connectivity index (χ4n) is 2.48. The Morgan fingerprint density at radius 1 is 1.30 bits per heavy atom. The van der Waals surface area contributed by atoms with Crippen LogP contribution in [0.1, 0.15) is 37.7 Å². The molecule has 1 heterocycles. The van der Waals surface area contributed by atoms with Crippen LogP contribution in [0.25, 0.3) is 0 Å². The summed E-state index contributed by atoms with van der Waals surface area (Å²) >= 11 is 0. The number of aromatic nitrogens is 3. The number of nitrogens with one attached hydrogen (secondary N) is 2. The summed E-state index contributed by atoms with van der Waals surface area (Å²) in [4.78, 5) is 4.41. The summed E-state index contributed by atoms with van der Waals surface area (Å²) in [5.41, 5.74) is -0.164. The number of benzene rings is 1. The average Bonchev–Trinajstić information content (AvgIpc) is 3.06. The number of halogens is 3. The van der Waals surface area contributed by atoms with Gasteiger partial charge in [-0.25, -0.2) is 4.99 Å². The first-order chi connectivity index (χ1) is 12.8. The minimum absolute atomic E-state index is 0.138. The Bertz CT molecular complexity index is 752. The van der Waals surface area contributed by atoms with Crippen LogP contribution >= 0.6 is 0 Å². The first kappa shape index (κ1) is 20.7. The third-order valence-electron chi connectivity index (χ3n) is 3.76. The van der Waals surface area contributed by atoms with Crippen LogP contribution < -0.4 is 10.6 Å². The van der Waals surface area contributed by atoms with E-state index in [1.165, 1.54) is 6.07 Å². The monoisotopic (exact) mass is 382 g/mol. The van der Waals surface area contributed by atoms with Crippen LogP contribution in [0.3, 0.4) is 0 Å². The highest BCUT2D eigenvalue weighted by Gasteiger charge is 2.30. The van der Waals surface area contributed by atoms with E-state index in [1.807, 2.05) is 25.3 Å². The topological polar surface area (TPSA) is 67.1 Å². The summed E-state index contributed by atoms with van der Waals surface area (Å²) in [7, 11) is 0. The van der Waals surface area contributed by atoms with Crippen LogP contribution in [0.15, 0.2) is 35.6 Å². The molecule has 0 unspecified atom stereocenters. The van der Waals surface area contributed by atoms with E-state index >= 15 is 0 Å². The van der Waals surface area contributed by atoms with Gasteiger partial charge in [-0.15, -0.1) is 10.2 Å². The number of hydrogen-bond donors (Lipinski definition) is 2. The molecule has 9 heteroatoms. The van der Waals surface area contributed by atoms with Gasteiger partial charge in [-0.3, -0.25) is 0 Å². The molecule has 6 nitrogen and oxygen atoms in total. The highest BCUT2D eigenvalue weighted by atomic mass is 19.4. The molecule has 1 aromatic carbocycles. The van der Waals surface area contributed by atoms with Gasteiger partial charge in [0, 0.05) is 25.6 Å². The van der Waals surface area contributed by atoms with E-state index in [0.29, 0.717) is 24.6 Å². The second-order valence-electron chi connectivity index (χ2n) is 6.38. The van der Waals surface area contributed by atoms with E-state index in [9.17, 15) is 13.2 Å². The number of aryl methyl sites for hydroxylation is 1.